The average Bonchev–Trinajstić information content (AvgIpc) is 3.01. The van der Waals surface area contributed by atoms with Crippen LogP contribution in [0.5, 0.6) is 0 Å². The van der Waals surface area contributed by atoms with Gasteiger partial charge >= 0.3 is 5.97 Å². The number of ether oxygens (including phenoxy) is 1. The van der Waals surface area contributed by atoms with Gasteiger partial charge in [-0.05, 0) is 43.7 Å². The van der Waals surface area contributed by atoms with Crippen LogP contribution >= 0.6 is 0 Å². The van der Waals surface area contributed by atoms with Gasteiger partial charge < -0.3 is 9.64 Å². The van der Waals surface area contributed by atoms with E-state index in [1.165, 1.54) is 36.1 Å². The van der Waals surface area contributed by atoms with E-state index in [1.54, 1.807) is 6.92 Å². The third kappa shape index (κ3) is 4.40. The largest absolute Gasteiger partial charge is 0.462 e. The van der Waals surface area contributed by atoms with Crippen LogP contribution in [0, 0.1) is 6.92 Å². The maximum absolute atomic E-state index is 13.0. The number of hydrogen-bond donors (Lipinski definition) is 0. The van der Waals surface area contributed by atoms with Gasteiger partial charge in [0.25, 0.3) is 5.91 Å². The number of aryl methyl sites for hydroxylation is 1. The number of hydrogen-bond acceptors (Lipinski definition) is 5. The first-order chi connectivity index (χ1) is 14.3. The Morgan fingerprint density at radius 3 is 2.27 bits per heavy atom. The van der Waals surface area contributed by atoms with Crippen LogP contribution in [0.2, 0.25) is 0 Å². The normalized spacial score (nSPS) is 16.0. The second-order valence-electron chi connectivity index (χ2n) is 7.19. The van der Waals surface area contributed by atoms with Gasteiger partial charge in [-0.1, -0.05) is 29.8 Å². The predicted octanol–water partition coefficient (Wildman–Crippen LogP) is 2.85. The monoisotopic (exact) mass is 408 g/mol. The third-order valence-electron chi connectivity index (χ3n) is 5.01. The molecule has 7 nitrogen and oxygen atoms in total. The number of anilines is 1. The lowest BCUT2D eigenvalue weighted by Crippen LogP contribution is -2.44. The van der Waals surface area contributed by atoms with Crippen molar-refractivity contribution in [3.8, 4) is 0 Å². The molecule has 3 amide bonds. The summed E-state index contributed by atoms with van der Waals surface area (Å²) in [5, 5.41) is 0. The van der Waals surface area contributed by atoms with Gasteiger partial charge in [0.1, 0.15) is 6.04 Å². The fraction of sp³-hybridized carbons (Fsp3) is 0.304. The van der Waals surface area contributed by atoms with E-state index in [-0.39, 0.29) is 31.4 Å². The van der Waals surface area contributed by atoms with E-state index in [0.29, 0.717) is 11.3 Å². The SMILES string of the molecule is CCOC(=O)c1ccc(N2C(=O)CC(N(Cc3ccc(C)cc3)C(C)=O)C2=O)cc1. The molecule has 1 unspecified atom stereocenters. The summed E-state index contributed by atoms with van der Waals surface area (Å²) >= 11 is 0. The molecule has 0 radical (unpaired) electrons. The van der Waals surface area contributed by atoms with Crippen molar-refractivity contribution in [1.82, 2.24) is 4.90 Å². The Morgan fingerprint density at radius 1 is 1.07 bits per heavy atom. The lowest BCUT2D eigenvalue weighted by Gasteiger charge is -2.26. The van der Waals surface area contributed by atoms with Crippen molar-refractivity contribution in [1.29, 1.82) is 0 Å². The molecule has 1 saturated heterocycles. The summed E-state index contributed by atoms with van der Waals surface area (Å²) in [5.41, 5.74) is 2.67. The minimum atomic E-state index is -0.860. The summed E-state index contributed by atoms with van der Waals surface area (Å²) in [7, 11) is 0. The summed E-state index contributed by atoms with van der Waals surface area (Å²) in [6, 6.07) is 12.9. The highest BCUT2D eigenvalue weighted by Crippen LogP contribution is 2.27. The standard InChI is InChI=1S/C23H24N2O5/c1-4-30-23(29)18-9-11-19(12-10-18)25-21(27)13-20(22(25)28)24(16(3)26)14-17-7-5-15(2)6-8-17/h5-12,20H,4,13-14H2,1-3H3. The Morgan fingerprint density at radius 2 is 1.70 bits per heavy atom. The van der Waals surface area contributed by atoms with E-state index in [0.717, 1.165) is 16.0 Å². The summed E-state index contributed by atoms with van der Waals surface area (Å²) < 4.78 is 4.94. The zero-order chi connectivity index (χ0) is 21.8. The number of esters is 1. The second-order valence-corrected chi connectivity index (χ2v) is 7.19. The van der Waals surface area contributed by atoms with E-state index >= 15 is 0 Å². The van der Waals surface area contributed by atoms with Crippen molar-refractivity contribution in [2.45, 2.75) is 39.8 Å². The highest BCUT2D eigenvalue weighted by molar-refractivity contribution is 6.23. The van der Waals surface area contributed by atoms with Crippen molar-refractivity contribution in [3.05, 3.63) is 65.2 Å². The Balaban J connectivity index is 1.80. The first-order valence-corrected chi connectivity index (χ1v) is 9.78. The molecule has 2 aromatic carbocycles. The Kier molecular flexibility index (Phi) is 6.30. The molecule has 30 heavy (non-hydrogen) atoms. The molecule has 2 aromatic rings. The van der Waals surface area contributed by atoms with Crippen molar-refractivity contribution in [2.24, 2.45) is 0 Å². The first-order valence-electron chi connectivity index (χ1n) is 9.78. The summed E-state index contributed by atoms with van der Waals surface area (Å²) in [5.74, 6) is -1.58. The van der Waals surface area contributed by atoms with Crippen LogP contribution in [0.1, 0.15) is 41.8 Å². The number of rotatable bonds is 6. The van der Waals surface area contributed by atoms with Gasteiger partial charge in [0.2, 0.25) is 11.8 Å². The lowest BCUT2D eigenvalue weighted by atomic mass is 10.1. The molecule has 7 heteroatoms. The molecular formula is C23H24N2O5. The van der Waals surface area contributed by atoms with Crippen molar-refractivity contribution >= 4 is 29.4 Å². The summed E-state index contributed by atoms with van der Waals surface area (Å²) in [6.45, 7) is 5.58. The number of amides is 3. The number of nitrogens with zero attached hydrogens (tertiary/aromatic N) is 2. The number of imide groups is 1. The van der Waals surface area contributed by atoms with Gasteiger partial charge in [-0.2, -0.15) is 0 Å². The maximum atomic E-state index is 13.0. The average molecular weight is 408 g/mol. The van der Waals surface area contributed by atoms with Crippen molar-refractivity contribution in [3.63, 3.8) is 0 Å². The van der Waals surface area contributed by atoms with Crippen LogP contribution < -0.4 is 4.90 Å². The van der Waals surface area contributed by atoms with Gasteiger partial charge in [-0.25, -0.2) is 9.69 Å². The molecule has 1 aliphatic rings. The topological polar surface area (TPSA) is 84.0 Å². The highest BCUT2D eigenvalue weighted by atomic mass is 16.5. The third-order valence-corrected chi connectivity index (χ3v) is 5.01. The van der Waals surface area contributed by atoms with Crippen LogP contribution in [0.4, 0.5) is 5.69 Å². The second kappa shape index (κ2) is 8.90. The summed E-state index contributed by atoms with van der Waals surface area (Å²) in [4.78, 5) is 52.2. The van der Waals surface area contributed by atoms with Crippen LogP contribution in [0.25, 0.3) is 0 Å². The highest BCUT2D eigenvalue weighted by Gasteiger charge is 2.43. The van der Waals surface area contributed by atoms with Gasteiger partial charge in [0, 0.05) is 13.5 Å². The zero-order valence-electron chi connectivity index (χ0n) is 17.3. The van der Waals surface area contributed by atoms with Crippen LogP contribution in [-0.2, 0) is 25.7 Å². The predicted molar refractivity (Wildman–Crippen MR) is 111 cm³/mol. The lowest BCUT2D eigenvalue weighted by molar-refractivity contribution is -0.137. The minimum Gasteiger partial charge on any atom is -0.462 e. The Labute approximate surface area is 175 Å². The molecule has 1 heterocycles. The van der Waals surface area contributed by atoms with Gasteiger partial charge in [0.15, 0.2) is 0 Å². The zero-order valence-corrected chi connectivity index (χ0v) is 17.3. The van der Waals surface area contributed by atoms with Gasteiger partial charge in [0.05, 0.1) is 24.3 Å². The maximum Gasteiger partial charge on any atom is 0.338 e. The molecule has 0 aliphatic carbocycles. The van der Waals surface area contributed by atoms with Crippen LogP contribution in [-0.4, -0.2) is 41.2 Å². The van der Waals surface area contributed by atoms with E-state index in [1.807, 2.05) is 31.2 Å². The van der Waals surface area contributed by atoms with Crippen LogP contribution in [0.3, 0.4) is 0 Å². The van der Waals surface area contributed by atoms with Gasteiger partial charge in [-0.3, -0.25) is 14.4 Å². The van der Waals surface area contributed by atoms with Gasteiger partial charge in [-0.15, -0.1) is 0 Å². The number of carbonyl (C=O) groups is 4. The fourth-order valence-electron chi connectivity index (χ4n) is 3.42. The van der Waals surface area contributed by atoms with E-state index < -0.39 is 17.9 Å². The molecule has 0 saturated carbocycles. The Hall–Kier alpha value is -3.48. The van der Waals surface area contributed by atoms with Crippen molar-refractivity contribution in [2.75, 3.05) is 11.5 Å². The first kappa shape index (κ1) is 21.2. The van der Waals surface area contributed by atoms with Crippen molar-refractivity contribution < 1.29 is 23.9 Å². The molecule has 1 aliphatic heterocycles. The van der Waals surface area contributed by atoms with E-state index in [4.69, 9.17) is 4.74 Å². The molecule has 1 fully saturated rings. The number of benzene rings is 2. The van der Waals surface area contributed by atoms with E-state index in [9.17, 15) is 19.2 Å². The molecule has 0 bridgehead atoms. The molecule has 156 valence electrons. The molecule has 3 rings (SSSR count). The molecule has 1 atom stereocenters. The molecular weight excluding hydrogens is 384 g/mol. The quantitative estimate of drug-likeness (QED) is 0.542. The van der Waals surface area contributed by atoms with E-state index in [2.05, 4.69) is 0 Å². The molecule has 0 spiro atoms. The molecule has 0 N–H and O–H groups in total. The molecule has 0 aromatic heterocycles. The van der Waals surface area contributed by atoms with Crippen LogP contribution in [0.15, 0.2) is 48.5 Å². The fourth-order valence-corrected chi connectivity index (χ4v) is 3.42. The smallest absolute Gasteiger partial charge is 0.338 e. The summed E-state index contributed by atoms with van der Waals surface area (Å²) in [6.07, 6.45) is -0.0795. The number of carbonyl (C=O) groups excluding carboxylic acids is 4. The minimum absolute atomic E-state index is 0.0795. The Bertz CT molecular complexity index is 966.